The smallest absolute Gasteiger partial charge is 0.240 e. The molecule has 0 spiro atoms. The molecule has 27 heavy (non-hydrogen) atoms. The van der Waals surface area contributed by atoms with Crippen LogP contribution in [0.25, 0.3) is 11.4 Å². The number of amides is 1. The molecule has 0 aliphatic heterocycles. The lowest BCUT2D eigenvalue weighted by atomic mass is 10.1. The summed E-state index contributed by atoms with van der Waals surface area (Å²) < 4.78 is 2.18. The SMILES string of the molecule is CN(C)C(=O)[C@@H](Sc1nnc(-c2ccncc2)n1C1CC1)c1ccccc1. The molecule has 4 rings (SSSR count). The molecular formula is C20H21N5OS. The molecule has 0 radical (unpaired) electrons. The van der Waals surface area contributed by atoms with Gasteiger partial charge in [0.05, 0.1) is 0 Å². The number of carbonyl (C=O) groups excluding carboxylic acids is 1. The van der Waals surface area contributed by atoms with E-state index in [-0.39, 0.29) is 11.2 Å². The zero-order valence-electron chi connectivity index (χ0n) is 15.3. The van der Waals surface area contributed by atoms with Crippen molar-refractivity contribution in [3.05, 3.63) is 60.4 Å². The van der Waals surface area contributed by atoms with Crippen molar-refractivity contribution in [3.63, 3.8) is 0 Å². The van der Waals surface area contributed by atoms with E-state index in [0.717, 1.165) is 34.9 Å². The number of benzene rings is 1. The summed E-state index contributed by atoms with van der Waals surface area (Å²) in [6.07, 6.45) is 5.75. The molecule has 1 aliphatic carbocycles. The summed E-state index contributed by atoms with van der Waals surface area (Å²) >= 11 is 1.47. The fourth-order valence-corrected chi connectivity index (χ4v) is 4.20. The average Bonchev–Trinajstić information content (AvgIpc) is 3.46. The molecule has 3 aromatic rings. The fourth-order valence-electron chi connectivity index (χ4n) is 2.95. The summed E-state index contributed by atoms with van der Waals surface area (Å²) in [5.41, 5.74) is 1.96. The maximum absolute atomic E-state index is 12.9. The lowest BCUT2D eigenvalue weighted by Crippen LogP contribution is -2.27. The van der Waals surface area contributed by atoms with E-state index < -0.39 is 0 Å². The minimum atomic E-state index is -0.354. The molecular weight excluding hydrogens is 358 g/mol. The van der Waals surface area contributed by atoms with E-state index >= 15 is 0 Å². The van der Waals surface area contributed by atoms with Gasteiger partial charge >= 0.3 is 0 Å². The molecule has 0 N–H and O–H groups in total. The van der Waals surface area contributed by atoms with E-state index in [9.17, 15) is 4.79 Å². The predicted octanol–water partition coefficient (Wildman–Crippen LogP) is 3.60. The van der Waals surface area contributed by atoms with Crippen LogP contribution in [0.15, 0.2) is 60.0 Å². The van der Waals surface area contributed by atoms with Crippen LogP contribution in [0.2, 0.25) is 0 Å². The number of likely N-dealkylation sites (N-methyl/N-ethyl adjacent to an activating group) is 1. The van der Waals surface area contributed by atoms with Crippen LogP contribution in [-0.2, 0) is 4.79 Å². The van der Waals surface area contributed by atoms with Gasteiger partial charge in [0.2, 0.25) is 5.91 Å². The van der Waals surface area contributed by atoms with Gasteiger partial charge < -0.3 is 4.90 Å². The first kappa shape index (κ1) is 17.7. The predicted molar refractivity (Wildman–Crippen MR) is 105 cm³/mol. The Morgan fingerprint density at radius 2 is 1.81 bits per heavy atom. The summed E-state index contributed by atoms with van der Waals surface area (Å²) in [4.78, 5) is 18.6. The van der Waals surface area contributed by atoms with Crippen molar-refractivity contribution in [1.82, 2.24) is 24.6 Å². The molecule has 7 heteroatoms. The quantitative estimate of drug-likeness (QED) is 0.613. The van der Waals surface area contributed by atoms with Crippen LogP contribution in [0.3, 0.4) is 0 Å². The third-order valence-corrected chi connectivity index (χ3v) is 5.70. The van der Waals surface area contributed by atoms with Gasteiger partial charge in [-0.1, -0.05) is 42.1 Å². The lowest BCUT2D eigenvalue weighted by molar-refractivity contribution is -0.128. The number of hydrogen-bond donors (Lipinski definition) is 0. The van der Waals surface area contributed by atoms with E-state index in [0.29, 0.717) is 6.04 Å². The van der Waals surface area contributed by atoms with E-state index in [2.05, 4.69) is 19.7 Å². The maximum Gasteiger partial charge on any atom is 0.240 e. The van der Waals surface area contributed by atoms with Gasteiger partial charge in [-0.25, -0.2) is 0 Å². The zero-order valence-corrected chi connectivity index (χ0v) is 16.1. The third kappa shape index (κ3) is 3.73. The fraction of sp³-hybridized carbons (Fsp3) is 0.300. The Morgan fingerprint density at radius 3 is 2.44 bits per heavy atom. The van der Waals surface area contributed by atoms with Crippen molar-refractivity contribution in [1.29, 1.82) is 0 Å². The molecule has 1 saturated carbocycles. The minimum Gasteiger partial charge on any atom is -0.348 e. The number of pyridine rings is 1. The number of hydrogen-bond acceptors (Lipinski definition) is 5. The van der Waals surface area contributed by atoms with E-state index in [1.807, 2.05) is 42.5 Å². The molecule has 1 fully saturated rings. The summed E-state index contributed by atoms with van der Waals surface area (Å²) in [5, 5.41) is 9.32. The van der Waals surface area contributed by atoms with E-state index in [1.54, 1.807) is 31.4 Å². The molecule has 2 aromatic heterocycles. The Bertz CT molecular complexity index is 922. The summed E-state index contributed by atoms with van der Waals surface area (Å²) in [6, 6.07) is 14.1. The topological polar surface area (TPSA) is 63.9 Å². The molecule has 1 atom stereocenters. The summed E-state index contributed by atoms with van der Waals surface area (Å²) in [7, 11) is 3.57. The van der Waals surface area contributed by atoms with Crippen LogP contribution < -0.4 is 0 Å². The normalized spacial score (nSPS) is 14.7. The Balaban J connectivity index is 1.72. The van der Waals surface area contributed by atoms with Crippen molar-refractivity contribution in [2.45, 2.75) is 29.3 Å². The highest BCUT2D eigenvalue weighted by Gasteiger charge is 2.33. The second-order valence-electron chi connectivity index (χ2n) is 6.78. The second kappa shape index (κ2) is 7.52. The first-order valence-corrected chi connectivity index (χ1v) is 9.81. The van der Waals surface area contributed by atoms with Gasteiger partial charge in [-0.3, -0.25) is 14.3 Å². The Morgan fingerprint density at radius 1 is 1.11 bits per heavy atom. The number of carbonyl (C=O) groups is 1. The molecule has 1 aromatic carbocycles. The highest BCUT2D eigenvalue weighted by atomic mass is 32.2. The summed E-state index contributed by atoms with van der Waals surface area (Å²) in [5.74, 6) is 0.883. The average molecular weight is 379 g/mol. The molecule has 0 unspecified atom stereocenters. The van der Waals surface area contributed by atoms with Crippen LogP contribution in [0.5, 0.6) is 0 Å². The van der Waals surface area contributed by atoms with E-state index in [1.165, 1.54) is 11.8 Å². The number of nitrogens with zero attached hydrogens (tertiary/aromatic N) is 5. The number of rotatable bonds is 6. The highest BCUT2D eigenvalue weighted by Crippen LogP contribution is 2.44. The van der Waals surface area contributed by atoms with Gasteiger partial charge in [0, 0.05) is 38.1 Å². The summed E-state index contributed by atoms with van der Waals surface area (Å²) in [6.45, 7) is 0. The third-order valence-electron chi connectivity index (χ3n) is 4.51. The monoisotopic (exact) mass is 379 g/mol. The molecule has 138 valence electrons. The largest absolute Gasteiger partial charge is 0.348 e. The standard InChI is InChI=1S/C20H21N5OS/c1-24(2)19(26)17(14-6-4-3-5-7-14)27-20-23-22-18(25(20)16-8-9-16)15-10-12-21-13-11-15/h3-7,10-13,16-17H,8-9H2,1-2H3/t17-/m0/s1. The van der Waals surface area contributed by atoms with Crippen molar-refractivity contribution in [2.24, 2.45) is 0 Å². The molecule has 1 aliphatic rings. The van der Waals surface area contributed by atoms with Gasteiger partial charge in [-0.15, -0.1) is 10.2 Å². The van der Waals surface area contributed by atoms with Crippen molar-refractivity contribution in [2.75, 3.05) is 14.1 Å². The Labute approximate surface area is 162 Å². The maximum atomic E-state index is 12.9. The second-order valence-corrected chi connectivity index (χ2v) is 7.86. The van der Waals surface area contributed by atoms with Crippen LogP contribution in [0.4, 0.5) is 0 Å². The number of aromatic nitrogens is 4. The Hall–Kier alpha value is -2.67. The highest BCUT2D eigenvalue weighted by molar-refractivity contribution is 8.00. The lowest BCUT2D eigenvalue weighted by Gasteiger charge is -2.20. The Kier molecular flexibility index (Phi) is 4.94. The van der Waals surface area contributed by atoms with Gasteiger partial charge in [0.15, 0.2) is 11.0 Å². The molecule has 0 saturated heterocycles. The van der Waals surface area contributed by atoms with E-state index in [4.69, 9.17) is 0 Å². The first-order chi connectivity index (χ1) is 13.1. The van der Waals surface area contributed by atoms with Gasteiger partial charge in [0.25, 0.3) is 0 Å². The van der Waals surface area contributed by atoms with Gasteiger partial charge in [0.1, 0.15) is 5.25 Å². The molecule has 1 amide bonds. The van der Waals surface area contributed by atoms with Crippen LogP contribution in [0.1, 0.15) is 29.7 Å². The molecule has 0 bridgehead atoms. The van der Waals surface area contributed by atoms with Crippen molar-refractivity contribution < 1.29 is 4.79 Å². The van der Waals surface area contributed by atoms with Crippen molar-refractivity contribution in [3.8, 4) is 11.4 Å². The minimum absolute atomic E-state index is 0.0435. The van der Waals surface area contributed by atoms with Crippen LogP contribution in [-0.4, -0.2) is 44.7 Å². The van der Waals surface area contributed by atoms with Gasteiger partial charge in [-0.05, 0) is 30.5 Å². The zero-order chi connectivity index (χ0) is 18.8. The van der Waals surface area contributed by atoms with Crippen LogP contribution >= 0.6 is 11.8 Å². The van der Waals surface area contributed by atoms with Crippen LogP contribution in [0, 0.1) is 0 Å². The number of thioether (sulfide) groups is 1. The molecule has 6 nitrogen and oxygen atoms in total. The first-order valence-electron chi connectivity index (χ1n) is 8.93. The van der Waals surface area contributed by atoms with Gasteiger partial charge in [-0.2, -0.15) is 0 Å². The molecule has 2 heterocycles. The van der Waals surface area contributed by atoms with Crippen molar-refractivity contribution >= 4 is 17.7 Å².